The molecule has 11 nitrogen and oxygen atoms in total. The number of rotatable bonds is 10. The molecule has 0 atom stereocenters. The van der Waals surface area contributed by atoms with E-state index < -0.39 is 16.7 Å². The number of hydrogen-bond acceptors (Lipinski definition) is 6. The van der Waals surface area contributed by atoms with Gasteiger partial charge in [-0.2, -0.15) is 0 Å². The quantitative estimate of drug-likeness (QED) is 0.235. The second-order valence-corrected chi connectivity index (χ2v) is 9.31. The second kappa shape index (κ2) is 11.7. The van der Waals surface area contributed by atoms with Crippen LogP contribution in [-0.2, 0) is 11.3 Å². The minimum absolute atomic E-state index is 0.000609. The standard InChI is InChI=1S/C27H30N6O5/c1-2-14-31(20-8-4-3-5-9-20)26(36)19-11-12-23-22(17-19)29-27(32(23)15-13-24(28)34)30-25(35)18-7-6-10-21(16-18)33(37)38/h2,6-7,10-12,16-17,20H,1,3-5,8-9,13-15H2,(H2,28,34)(H,29,30,35). The molecule has 3 amide bonds. The Bertz CT molecular complexity index is 1390. The van der Waals surface area contributed by atoms with Crippen molar-refractivity contribution >= 4 is 40.4 Å². The molecule has 0 unspecified atom stereocenters. The van der Waals surface area contributed by atoms with E-state index in [2.05, 4.69) is 16.9 Å². The van der Waals surface area contributed by atoms with Gasteiger partial charge in [0.1, 0.15) is 0 Å². The van der Waals surface area contributed by atoms with Gasteiger partial charge in [0.25, 0.3) is 17.5 Å². The summed E-state index contributed by atoms with van der Waals surface area (Å²) >= 11 is 0. The monoisotopic (exact) mass is 518 g/mol. The van der Waals surface area contributed by atoms with Crippen molar-refractivity contribution in [2.75, 3.05) is 11.9 Å². The number of anilines is 1. The van der Waals surface area contributed by atoms with Crippen LogP contribution in [-0.4, -0.2) is 49.7 Å². The minimum atomic E-state index is -0.602. The second-order valence-electron chi connectivity index (χ2n) is 9.31. The number of nitrogens with zero attached hydrogens (tertiary/aromatic N) is 4. The zero-order valence-corrected chi connectivity index (χ0v) is 21.0. The maximum atomic E-state index is 13.5. The number of primary amides is 1. The normalized spacial score (nSPS) is 13.7. The number of amides is 3. The number of hydrogen-bond donors (Lipinski definition) is 2. The number of fused-ring (bicyclic) bond motifs is 1. The molecule has 0 spiro atoms. The largest absolute Gasteiger partial charge is 0.370 e. The van der Waals surface area contributed by atoms with Crippen molar-refractivity contribution in [3.8, 4) is 0 Å². The molecule has 0 radical (unpaired) electrons. The molecular weight excluding hydrogens is 488 g/mol. The van der Waals surface area contributed by atoms with Gasteiger partial charge in [-0.1, -0.05) is 31.4 Å². The fourth-order valence-corrected chi connectivity index (χ4v) is 4.84. The lowest BCUT2D eigenvalue weighted by molar-refractivity contribution is -0.384. The van der Waals surface area contributed by atoms with Crippen LogP contribution in [0.2, 0.25) is 0 Å². The van der Waals surface area contributed by atoms with Crippen molar-refractivity contribution in [3.05, 3.63) is 76.4 Å². The summed E-state index contributed by atoms with van der Waals surface area (Å²) in [4.78, 5) is 54.8. The van der Waals surface area contributed by atoms with Crippen LogP contribution < -0.4 is 11.1 Å². The highest BCUT2D eigenvalue weighted by atomic mass is 16.6. The summed E-state index contributed by atoms with van der Waals surface area (Å²) < 4.78 is 1.63. The summed E-state index contributed by atoms with van der Waals surface area (Å²) in [6, 6.07) is 10.6. The van der Waals surface area contributed by atoms with Gasteiger partial charge < -0.3 is 15.2 Å². The summed E-state index contributed by atoms with van der Waals surface area (Å²) in [6.07, 6.45) is 6.98. The van der Waals surface area contributed by atoms with Gasteiger partial charge in [0.05, 0.1) is 16.0 Å². The molecule has 1 saturated carbocycles. The Morgan fingerprint density at radius 1 is 1.16 bits per heavy atom. The number of carbonyl (C=O) groups excluding carboxylic acids is 3. The SMILES string of the molecule is C=CCN(C(=O)c1ccc2c(c1)nc(NC(=O)c1cccc([N+](=O)[O-])c1)n2CCC(N)=O)C1CCCCC1. The van der Waals surface area contributed by atoms with Crippen LogP contribution >= 0.6 is 0 Å². The Morgan fingerprint density at radius 3 is 2.61 bits per heavy atom. The maximum absolute atomic E-state index is 13.5. The first-order valence-electron chi connectivity index (χ1n) is 12.5. The topological polar surface area (TPSA) is 153 Å². The van der Waals surface area contributed by atoms with Gasteiger partial charge in [0.15, 0.2) is 0 Å². The van der Waals surface area contributed by atoms with Gasteiger partial charge in [-0.05, 0) is 37.1 Å². The third-order valence-corrected chi connectivity index (χ3v) is 6.72. The van der Waals surface area contributed by atoms with Crippen molar-refractivity contribution in [1.29, 1.82) is 0 Å². The van der Waals surface area contributed by atoms with Crippen LogP contribution in [0.15, 0.2) is 55.1 Å². The van der Waals surface area contributed by atoms with E-state index in [0.717, 1.165) is 25.7 Å². The number of carbonyl (C=O) groups is 3. The predicted molar refractivity (Wildman–Crippen MR) is 143 cm³/mol. The predicted octanol–water partition coefficient (Wildman–Crippen LogP) is 4.03. The fourth-order valence-electron chi connectivity index (χ4n) is 4.84. The summed E-state index contributed by atoms with van der Waals surface area (Å²) in [5.41, 5.74) is 6.73. The van der Waals surface area contributed by atoms with Gasteiger partial charge in [0.2, 0.25) is 11.9 Å². The molecule has 0 aliphatic heterocycles. The van der Waals surface area contributed by atoms with E-state index >= 15 is 0 Å². The average molecular weight is 519 g/mol. The van der Waals surface area contributed by atoms with Crippen LogP contribution in [0.3, 0.4) is 0 Å². The lowest BCUT2D eigenvalue weighted by Gasteiger charge is -2.33. The van der Waals surface area contributed by atoms with Crippen LogP contribution in [0.1, 0.15) is 59.2 Å². The molecule has 0 bridgehead atoms. The fraction of sp³-hybridized carbons (Fsp3) is 0.333. The van der Waals surface area contributed by atoms with Crippen LogP contribution in [0.4, 0.5) is 11.6 Å². The van der Waals surface area contributed by atoms with Crippen molar-refractivity contribution in [2.24, 2.45) is 5.73 Å². The van der Waals surface area contributed by atoms with Crippen LogP contribution in [0.25, 0.3) is 11.0 Å². The van der Waals surface area contributed by atoms with Gasteiger partial charge in [0, 0.05) is 48.8 Å². The van der Waals surface area contributed by atoms with E-state index in [1.807, 2.05) is 4.90 Å². The van der Waals surface area contributed by atoms with E-state index in [1.54, 1.807) is 28.8 Å². The van der Waals surface area contributed by atoms with E-state index in [0.29, 0.717) is 23.1 Å². The van der Waals surface area contributed by atoms with E-state index in [-0.39, 0.29) is 42.1 Å². The van der Waals surface area contributed by atoms with Crippen molar-refractivity contribution in [3.63, 3.8) is 0 Å². The van der Waals surface area contributed by atoms with Crippen LogP contribution in [0.5, 0.6) is 0 Å². The molecule has 1 fully saturated rings. The number of nitrogens with two attached hydrogens (primary N) is 1. The first-order valence-corrected chi connectivity index (χ1v) is 12.5. The maximum Gasteiger partial charge on any atom is 0.270 e. The van der Waals surface area contributed by atoms with Gasteiger partial charge in [-0.15, -0.1) is 6.58 Å². The molecule has 198 valence electrons. The summed E-state index contributed by atoms with van der Waals surface area (Å²) in [5, 5.41) is 13.8. The third kappa shape index (κ3) is 5.88. The zero-order chi connectivity index (χ0) is 27.2. The van der Waals surface area contributed by atoms with E-state index in [9.17, 15) is 24.5 Å². The number of nitro groups is 1. The molecule has 2 aromatic carbocycles. The van der Waals surface area contributed by atoms with E-state index in [4.69, 9.17) is 5.73 Å². The zero-order valence-electron chi connectivity index (χ0n) is 21.0. The van der Waals surface area contributed by atoms with Gasteiger partial charge >= 0.3 is 0 Å². The number of aromatic nitrogens is 2. The molecule has 1 aliphatic carbocycles. The van der Waals surface area contributed by atoms with Gasteiger partial charge in [-0.3, -0.25) is 29.8 Å². The highest BCUT2D eigenvalue weighted by Gasteiger charge is 2.26. The molecule has 4 rings (SSSR count). The molecule has 11 heteroatoms. The lowest BCUT2D eigenvalue weighted by atomic mass is 9.93. The number of aryl methyl sites for hydroxylation is 1. The third-order valence-electron chi connectivity index (χ3n) is 6.72. The summed E-state index contributed by atoms with van der Waals surface area (Å²) in [5.74, 6) is -1.11. The Hall–Kier alpha value is -4.54. The van der Waals surface area contributed by atoms with Gasteiger partial charge in [-0.25, -0.2) is 4.98 Å². The molecule has 38 heavy (non-hydrogen) atoms. The molecule has 1 aromatic heterocycles. The average Bonchev–Trinajstić information content (AvgIpc) is 3.26. The molecule has 1 aliphatic rings. The highest BCUT2D eigenvalue weighted by Crippen LogP contribution is 2.27. The number of nitrogens with one attached hydrogen (secondary N) is 1. The summed E-state index contributed by atoms with van der Waals surface area (Å²) in [6.45, 7) is 4.40. The number of nitro benzene ring substituents is 1. The van der Waals surface area contributed by atoms with Crippen molar-refractivity contribution in [1.82, 2.24) is 14.5 Å². The Labute approximate surface area is 219 Å². The summed E-state index contributed by atoms with van der Waals surface area (Å²) in [7, 11) is 0. The Kier molecular flexibility index (Phi) is 8.15. The van der Waals surface area contributed by atoms with Crippen LogP contribution in [0, 0.1) is 10.1 Å². The van der Waals surface area contributed by atoms with E-state index in [1.165, 1.54) is 30.7 Å². The van der Waals surface area contributed by atoms with Crippen molar-refractivity contribution < 1.29 is 19.3 Å². The number of non-ortho nitro benzene ring substituents is 1. The highest BCUT2D eigenvalue weighted by molar-refractivity contribution is 6.05. The smallest absolute Gasteiger partial charge is 0.270 e. The first kappa shape index (κ1) is 26.5. The molecule has 1 heterocycles. The first-order chi connectivity index (χ1) is 18.3. The minimum Gasteiger partial charge on any atom is -0.370 e. The van der Waals surface area contributed by atoms with Crippen molar-refractivity contribution in [2.45, 2.75) is 51.1 Å². The Morgan fingerprint density at radius 2 is 1.92 bits per heavy atom. The molecule has 0 saturated heterocycles. The lowest BCUT2D eigenvalue weighted by Crippen LogP contribution is -2.41. The molecule has 3 aromatic rings. The number of benzene rings is 2. The molecular formula is C27H30N6O5. The molecule has 3 N–H and O–H groups in total. The Balaban J connectivity index is 1.67. The number of imidazole rings is 1.